The third kappa shape index (κ3) is 3.83. The van der Waals surface area contributed by atoms with Gasteiger partial charge in [0.2, 0.25) is 0 Å². The Hall–Kier alpha value is -1.34. The smallest absolute Gasteiger partial charge is 0.265 e. The third-order valence-electron chi connectivity index (χ3n) is 3.35. The minimum Gasteiger partial charge on any atom is -0.396 e. The Morgan fingerprint density at radius 3 is 2.80 bits per heavy atom. The fourth-order valence-corrected chi connectivity index (χ4v) is 3.18. The van der Waals surface area contributed by atoms with Crippen LogP contribution in [0.2, 0.25) is 0 Å². The second-order valence-corrected chi connectivity index (χ2v) is 5.92. The first-order chi connectivity index (χ1) is 9.72. The predicted molar refractivity (Wildman–Crippen MR) is 81.2 cm³/mol. The number of carbonyl (C=O) groups is 1. The van der Waals surface area contributed by atoms with Crippen LogP contribution in [0.5, 0.6) is 0 Å². The Morgan fingerprint density at radius 2 is 2.10 bits per heavy atom. The average molecular weight is 298 g/mol. The predicted octanol–water partition coefficient (Wildman–Crippen LogP) is 1.22. The van der Waals surface area contributed by atoms with Crippen LogP contribution in [-0.2, 0) is 0 Å². The summed E-state index contributed by atoms with van der Waals surface area (Å²) in [4.78, 5) is 19.0. The molecule has 1 fully saturated rings. The van der Waals surface area contributed by atoms with Crippen LogP contribution in [0.1, 0.15) is 41.8 Å². The summed E-state index contributed by atoms with van der Waals surface area (Å²) in [5.74, 6) is 0.149. The van der Waals surface area contributed by atoms with Gasteiger partial charge in [0.1, 0.15) is 10.7 Å². The molecule has 1 aromatic heterocycles. The molecule has 112 valence electrons. The van der Waals surface area contributed by atoms with Gasteiger partial charge >= 0.3 is 0 Å². The van der Waals surface area contributed by atoms with Crippen molar-refractivity contribution < 1.29 is 9.90 Å². The van der Waals surface area contributed by atoms with E-state index in [0.717, 1.165) is 24.6 Å². The second-order valence-electron chi connectivity index (χ2n) is 4.95. The first-order valence-corrected chi connectivity index (χ1v) is 7.94. The van der Waals surface area contributed by atoms with E-state index in [4.69, 9.17) is 10.8 Å². The van der Waals surface area contributed by atoms with E-state index in [-0.39, 0.29) is 12.5 Å². The number of hydrogen-bond donors (Lipinski definition) is 3. The molecule has 0 aromatic carbocycles. The zero-order chi connectivity index (χ0) is 14.4. The number of rotatable bonds is 6. The molecule has 0 aliphatic carbocycles. The standard InChI is InChI=1S/C13H22N4O2S/c14-11-10(12(19)15-6-2-5-9-18)20-13(16-11)17-7-3-1-4-8-17/h18H,1-9,14H2,(H,15,19). The number of hydrogen-bond acceptors (Lipinski definition) is 6. The second kappa shape index (κ2) is 7.44. The van der Waals surface area contributed by atoms with E-state index in [1.54, 1.807) is 0 Å². The monoisotopic (exact) mass is 298 g/mol. The first-order valence-electron chi connectivity index (χ1n) is 7.12. The van der Waals surface area contributed by atoms with Crippen molar-refractivity contribution in [1.29, 1.82) is 0 Å². The fourth-order valence-electron chi connectivity index (χ4n) is 2.22. The molecule has 0 atom stereocenters. The molecule has 0 radical (unpaired) electrons. The van der Waals surface area contributed by atoms with Crippen molar-refractivity contribution in [1.82, 2.24) is 10.3 Å². The van der Waals surface area contributed by atoms with E-state index < -0.39 is 0 Å². The van der Waals surface area contributed by atoms with Crippen molar-refractivity contribution in [3.63, 3.8) is 0 Å². The summed E-state index contributed by atoms with van der Waals surface area (Å²) in [5.41, 5.74) is 5.85. The molecule has 7 heteroatoms. The highest BCUT2D eigenvalue weighted by Crippen LogP contribution is 2.29. The van der Waals surface area contributed by atoms with Crippen molar-refractivity contribution in [2.24, 2.45) is 0 Å². The van der Waals surface area contributed by atoms with Crippen LogP contribution in [0, 0.1) is 0 Å². The van der Waals surface area contributed by atoms with E-state index in [1.807, 2.05) is 0 Å². The summed E-state index contributed by atoms with van der Waals surface area (Å²) in [6, 6.07) is 0. The first kappa shape index (κ1) is 15.1. The molecule has 0 saturated carbocycles. The van der Waals surface area contributed by atoms with Gasteiger partial charge in [0.15, 0.2) is 5.13 Å². The quantitative estimate of drug-likeness (QED) is 0.687. The van der Waals surface area contributed by atoms with Gasteiger partial charge in [0.05, 0.1) is 0 Å². The topological polar surface area (TPSA) is 91.5 Å². The number of carbonyl (C=O) groups excluding carboxylic acids is 1. The molecule has 6 nitrogen and oxygen atoms in total. The van der Waals surface area contributed by atoms with Gasteiger partial charge in [-0.15, -0.1) is 0 Å². The number of thiazole rings is 1. The maximum atomic E-state index is 12.0. The van der Waals surface area contributed by atoms with Crippen LogP contribution in [0.4, 0.5) is 10.9 Å². The number of aliphatic hydroxyl groups excluding tert-OH is 1. The van der Waals surface area contributed by atoms with E-state index in [2.05, 4.69) is 15.2 Å². The van der Waals surface area contributed by atoms with Crippen molar-refractivity contribution in [2.45, 2.75) is 32.1 Å². The number of aliphatic hydroxyl groups is 1. The number of nitrogens with two attached hydrogens (primary N) is 1. The Labute approximate surface area is 123 Å². The lowest BCUT2D eigenvalue weighted by Crippen LogP contribution is -2.29. The van der Waals surface area contributed by atoms with Crippen LogP contribution < -0.4 is 16.0 Å². The van der Waals surface area contributed by atoms with Crippen molar-refractivity contribution in [2.75, 3.05) is 36.9 Å². The van der Waals surface area contributed by atoms with Crippen molar-refractivity contribution in [3.05, 3.63) is 4.88 Å². The van der Waals surface area contributed by atoms with E-state index in [9.17, 15) is 4.79 Å². The molecule has 4 N–H and O–H groups in total. The molecule has 1 aliphatic rings. The maximum Gasteiger partial charge on any atom is 0.265 e. The number of nitrogens with one attached hydrogen (secondary N) is 1. The van der Waals surface area contributed by atoms with Gasteiger partial charge in [-0.2, -0.15) is 0 Å². The van der Waals surface area contributed by atoms with Crippen molar-refractivity contribution >= 4 is 28.2 Å². The van der Waals surface area contributed by atoms with Gasteiger partial charge in [-0.05, 0) is 32.1 Å². The molecular weight excluding hydrogens is 276 g/mol. The summed E-state index contributed by atoms with van der Waals surface area (Å²) >= 11 is 1.37. The summed E-state index contributed by atoms with van der Waals surface area (Å²) in [5, 5.41) is 12.4. The van der Waals surface area contributed by atoms with E-state index in [1.165, 1.54) is 30.6 Å². The van der Waals surface area contributed by atoms with E-state index >= 15 is 0 Å². The molecule has 1 aromatic rings. The normalized spacial score (nSPS) is 15.3. The molecule has 0 spiro atoms. The van der Waals surface area contributed by atoms with Gasteiger partial charge in [-0.1, -0.05) is 11.3 Å². The van der Waals surface area contributed by atoms with Crippen LogP contribution >= 0.6 is 11.3 Å². The Bertz CT molecular complexity index is 444. The molecule has 0 bridgehead atoms. The van der Waals surface area contributed by atoms with Gasteiger partial charge in [0, 0.05) is 26.2 Å². The average Bonchev–Trinajstić information content (AvgIpc) is 2.86. The van der Waals surface area contributed by atoms with Crippen LogP contribution in [0.3, 0.4) is 0 Å². The lowest BCUT2D eigenvalue weighted by molar-refractivity contribution is 0.0957. The molecule has 1 aliphatic heterocycles. The third-order valence-corrected chi connectivity index (χ3v) is 4.48. The van der Waals surface area contributed by atoms with Crippen LogP contribution in [-0.4, -0.2) is 42.2 Å². The maximum absolute atomic E-state index is 12.0. The zero-order valence-corrected chi connectivity index (χ0v) is 12.4. The van der Waals surface area contributed by atoms with Gasteiger partial charge in [0.25, 0.3) is 5.91 Å². The highest BCUT2D eigenvalue weighted by Gasteiger charge is 2.20. The summed E-state index contributed by atoms with van der Waals surface area (Å²) in [6.45, 7) is 2.68. The van der Waals surface area contributed by atoms with E-state index in [0.29, 0.717) is 23.7 Å². The molecule has 1 amide bonds. The van der Waals surface area contributed by atoms with Gasteiger partial charge in [-0.25, -0.2) is 4.98 Å². The van der Waals surface area contributed by atoms with Crippen molar-refractivity contribution in [3.8, 4) is 0 Å². The Balaban J connectivity index is 1.94. The number of unbranched alkanes of at least 4 members (excludes halogenated alkanes) is 1. The van der Waals surface area contributed by atoms with Gasteiger partial charge < -0.3 is 21.1 Å². The molecular formula is C13H22N4O2S. The Morgan fingerprint density at radius 1 is 1.35 bits per heavy atom. The van der Waals surface area contributed by atoms with Crippen LogP contribution in [0.15, 0.2) is 0 Å². The number of nitrogen functional groups attached to an aromatic ring is 1. The summed E-state index contributed by atoms with van der Waals surface area (Å²) in [6.07, 6.45) is 5.05. The number of anilines is 2. The lowest BCUT2D eigenvalue weighted by Gasteiger charge is -2.25. The molecule has 2 rings (SSSR count). The molecule has 2 heterocycles. The summed E-state index contributed by atoms with van der Waals surface area (Å²) in [7, 11) is 0. The zero-order valence-electron chi connectivity index (χ0n) is 11.6. The number of aromatic nitrogens is 1. The SMILES string of the molecule is Nc1nc(N2CCCCC2)sc1C(=O)NCCCCO. The van der Waals surface area contributed by atoms with Crippen LogP contribution in [0.25, 0.3) is 0 Å². The minimum atomic E-state index is -0.166. The highest BCUT2D eigenvalue weighted by atomic mass is 32.1. The number of amides is 1. The Kier molecular flexibility index (Phi) is 5.60. The molecule has 20 heavy (non-hydrogen) atoms. The molecule has 1 saturated heterocycles. The minimum absolute atomic E-state index is 0.150. The molecule has 0 unspecified atom stereocenters. The number of nitrogens with zero attached hydrogens (tertiary/aromatic N) is 2. The highest BCUT2D eigenvalue weighted by molar-refractivity contribution is 7.18. The number of piperidine rings is 1. The largest absolute Gasteiger partial charge is 0.396 e. The fraction of sp³-hybridized carbons (Fsp3) is 0.692. The van der Waals surface area contributed by atoms with Gasteiger partial charge in [-0.3, -0.25) is 4.79 Å². The summed E-state index contributed by atoms with van der Waals surface area (Å²) < 4.78 is 0. The lowest BCUT2D eigenvalue weighted by atomic mass is 10.1.